The van der Waals surface area contributed by atoms with Crippen LogP contribution >= 0.6 is 0 Å². The average Bonchev–Trinajstić information content (AvgIpc) is 2.27. The van der Waals surface area contributed by atoms with Crippen molar-refractivity contribution < 1.29 is 14.4 Å². The Morgan fingerprint density at radius 3 is 2.75 bits per heavy atom. The van der Waals surface area contributed by atoms with Crippen molar-refractivity contribution in [3.8, 4) is 0 Å². The molecule has 7 heteroatoms. The molecule has 3 amide bonds. The van der Waals surface area contributed by atoms with Crippen molar-refractivity contribution in [2.45, 2.75) is 13.0 Å². The van der Waals surface area contributed by atoms with Crippen LogP contribution in [0, 0.1) is 0 Å². The van der Waals surface area contributed by atoms with Gasteiger partial charge >= 0.3 is 0 Å². The summed E-state index contributed by atoms with van der Waals surface area (Å²) in [6.07, 6.45) is 0. The quantitative estimate of drug-likeness (QED) is 0.421. The van der Waals surface area contributed by atoms with Gasteiger partial charge in [-0.15, -0.1) is 0 Å². The fourth-order valence-electron chi connectivity index (χ4n) is 1.30. The number of carbonyl (C=O) groups is 3. The number of nitrogens with one attached hydrogen (secondary N) is 4. The van der Waals surface area contributed by atoms with Crippen molar-refractivity contribution in [3.63, 3.8) is 0 Å². The first kappa shape index (κ1) is 12.4. The molecule has 1 unspecified atom stereocenters. The summed E-state index contributed by atoms with van der Waals surface area (Å²) in [6, 6.07) is -0.466. The van der Waals surface area contributed by atoms with Crippen LogP contribution in [0.5, 0.6) is 0 Å². The lowest BCUT2D eigenvalue weighted by atomic mass is 10.2. The van der Waals surface area contributed by atoms with Gasteiger partial charge in [-0.25, -0.2) is 0 Å². The van der Waals surface area contributed by atoms with Gasteiger partial charge < -0.3 is 16.0 Å². The van der Waals surface area contributed by atoms with Gasteiger partial charge in [0.15, 0.2) is 0 Å². The molecule has 1 rings (SSSR count). The molecule has 1 aliphatic rings. The summed E-state index contributed by atoms with van der Waals surface area (Å²) in [5.74, 6) is -0.644. The molecule has 0 aromatic heterocycles. The zero-order chi connectivity index (χ0) is 12.0. The molecular formula is C9H16N4O3. The van der Waals surface area contributed by atoms with E-state index in [9.17, 15) is 14.4 Å². The Labute approximate surface area is 93.3 Å². The number of amides is 3. The molecule has 1 saturated heterocycles. The molecule has 0 spiro atoms. The molecule has 16 heavy (non-hydrogen) atoms. The van der Waals surface area contributed by atoms with Gasteiger partial charge in [0, 0.05) is 13.1 Å². The minimum Gasteiger partial charge on any atom is -0.355 e. The van der Waals surface area contributed by atoms with Crippen LogP contribution in [0.2, 0.25) is 0 Å². The molecule has 4 N–H and O–H groups in total. The lowest BCUT2D eigenvalue weighted by Gasteiger charge is -2.22. The normalized spacial score (nSPS) is 19.8. The van der Waals surface area contributed by atoms with E-state index in [-0.39, 0.29) is 37.4 Å². The maximum Gasteiger partial charge on any atom is 0.239 e. The van der Waals surface area contributed by atoms with Crippen molar-refractivity contribution in [2.24, 2.45) is 0 Å². The van der Waals surface area contributed by atoms with Gasteiger partial charge in [-0.1, -0.05) is 0 Å². The number of carbonyl (C=O) groups excluding carboxylic acids is 3. The number of piperazine rings is 1. The lowest BCUT2D eigenvalue weighted by molar-refractivity contribution is -0.129. The first-order chi connectivity index (χ1) is 7.63. The largest absolute Gasteiger partial charge is 0.355 e. The highest BCUT2D eigenvalue weighted by atomic mass is 16.2. The molecule has 90 valence electrons. The first-order valence-electron chi connectivity index (χ1n) is 5.18. The van der Waals surface area contributed by atoms with Crippen molar-refractivity contribution >= 4 is 17.7 Å². The highest BCUT2D eigenvalue weighted by Gasteiger charge is 2.23. The molecule has 7 nitrogen and oxygen atoms in total. The Balaban J connectivity index is 2.24. The lowest BCUT2D eigenvalue weighted by Crippen LogP contribution is -2.58. The Hall–Kier alpha value is -1.63. The van der Waals surface area contributed by atoms with Crippen molar-refractivity contribution in [1.82, 2.24) is 21.3 Å². The van der Waals surface area contributed by atoms with E-state index in [2.05, 4.69) is 21.3 Å². The van der Waals surface area contributed by atoms with Gasteiger partial charge in [0.1, 0.15) is 6.04 Å². The van der Waals surface area contributed by atoms with Gasteiger partial charge in [0.05, 0.1) is 13.1 Å². The van der Waals surface area contributed by atoms with Gasteiger partial charge in [0.25, 0.3) is 0 Å². The topological polar surface area (TPSA) is 99.3 Å². The number of hydrogen-bond donors (Lipinski definition) is 4. The van der Waals surface area contributed by atoms with Gasteiger partial charge in [-0.05, 0) is 6.92 Å². The van der Waals surface area contributed by atoms with Crippen molar-refractivity contribution in [2.75, 3.05) is 26.2 Å². The minimum atomic E-state index is -0.466. The molecular weight excluding hydrogens is 212 g/mol. The maximum atomic E-state index is 11.5. The Morgan fingerprint density at radius 1 is 1.44 bits per heavy atom. The number of rotatable bonds is 4. The standard InChI is InChI=1S/C9H16N4O3/c1-2-10-7(14)5-13-9(16)6-3-12-8(15)4-11-6/h6,11H,2-5H2,1H3,(H,10,14)(H,12,15)(H,13,16). The second-order valence-electron chi connectivity index (χ2n) is 3.41. The van der Waals surface area contributed by atoms with Crippen molar-refractivity contribution in [3.05, 3.63) is 0 Å². The SMILES string of the molecule is CCNC(=O)CNC(=O)C1CNC(=O)CN1. The smallest absolute Gasteiger partial charge is 0.239 e. The fraction of sp³-hybridized carbons (Fsp3) is 0.667. The molecule has 0 radical (unpaired) electrons. The van der Waals surface area contributed by atoms with Crippen LogP contribution in [0.4, 0.5) is 0 Å². The predicted molar refractivity (Wildman–Crippen MR) is 56.5 cm³/mol. The van der Waals surface area contributed by atoms with Crippen LogP contribution in [0.25, 0.3) is 0 Å². The maximum absolute atomic E-state index is 11.5. The summed E-state index contributed by atoms with van der Waals surface area (Å²) in [6.45, 7) is 2.67. The fourth-order valence-corrected chi connectivity index (χ4v) is 1.30. The molecule has 0 bridgehead atoms. The monoisotopic (exact) mass is 228 g/mol. The average molecular weight is 228 g/mol. The minimum absolute atomic E-state index is 0.0429. The van der Waals surface area contributed by atoms with E-state index >= 15 is 0 Å². The first-order valence-corrected chi connectivity index (χ1v) is 5.18. The van der Waals surface area contributed by atoms with E-state index in [1.54, 1.807) is 6.92 Å². The summed E-state index contributed by atoms with van der Waals surface area (Å²) in [5, 5.41) is 10.4. The van der Waals surface area contributed by atoms with Gasteiger partial charge in [0.2, 0.25) is 17.7 Å². The molecule has 0 aromatic rings. The molecule has 1 fully saturated rings. The second-order valence-corrected chi connectivity index (χ2v) is 3.41. The third-order valence-corrected chi connectivity index (χ3v) is 2.13. The molecule has 1 aliphatic heterocycles. The molecule has 0 aliphatic carbocycles. The van der Waals surface area contributed by atoms with E-state index in [0.29, 0.717) is 6.54 Å². The summed E-state index contributed by atoms with van der Waals surface area (Å²) in [5.41, 5.74) is 0. The second kappa shape index (κ2) is 6.06. The highest BCUT2D eigenvalue weighted by molar-refractivity contribution is 5.89. The van der Waals surface area contributed by atoms with Crippen LogP contribution < -0.4 is 21.3 Å². The number of hydrogen-bond acceptors (Lipinski definition) is 4. The van der Waals surface area contributed by atoms with Crippen molar-refractivity contribution in [1.29, 1.82) is 0 Å². The predicted octanol–water partition coefficient (Wildman–Crippen LogP) is -2.67. The highest BCUT2D eigenvalue weighted by Crippen LogP contribution is 1.87. The summed E-state index contributed by atoms with van der Waals surface area (Å²) < 4.78 is 0. The van der Waals surface area contributed by atoms with E-state index in [1.165, 1.54) is 0 Å². The third kappa shape index (κ3) is 3.85. The van der Waals surface area contributed by atoms with Crippen LogP contribution in [-0.4, -0.2) is 49.9 Å². The molecule has 0 saturated carbocycles. The van der Waals surface area contributed by atoms with Crippen LogP contribution in [0.1, 0.15) is 6.92 Å². The van der Waals surface area contributed by atoms with Crippen LogP contribution in [0.3, 0.4) is 0 Å². The van der Waals surface area contributed by atoms with E-state index in [1.807, 2.05) is 0 Å². The zero-order valence-electron chi connectivity index (χ0n) is 9.13. The van der Waals surface area contributed by atoms with Gasteiger partial charge in [-0.3, -0.25) is 19.7 Å². The Bertz CT molecular complexity index is 282. The Morgan fingerprint density at radius 2 is 2.19 bits per heavy atom. The number of likely N-dealkylation sites (N-methyl/N-ethyl adjacent to an activating group) is 1. The summed E-state index contributed by atoms with van der Waals surface area (Å²) >= 11 is 0. The summed E-state index contributed by atoms with van der Waals surface area (Å²) in [7, 11) is 0. The van der Waals surface area contributed by atoms with E-state index in [4.69, 9.17) is 0 Å². The third-order valence-electron chi connectivity index (χ3n) is 2.13. The van der Waals surface area contributed by atoms with E-state index < -0.39 is 6.04 Å². The van der Waals surface area contributed by atoms with Crippen LogP contribution in [-0.2, 0) is 14.4 Å². The van der Waals surface area contributed by atoms with E-state index in [0.717, 1.165) is 0 Å². The zero-order valence-corrected chi connectivity index (χ0v) is 9.13. The molecule has 1 heterocycles. The Kier molecular flexibility index (Phi) is 4.71. The summed E-state index contributed by atoms with van der Waals surface area (Å²) in [4.78, 5) is 33.4. The molecule has 0 aromatic carbocycles. The van der Waals surface area contributed by atoms with Crippen LogP contribution in [0.15, 0.2) is 0 Å². The molecule has 1 atom stereocenters. The van der Waals surface area contributed by atoms with Gasteiger partial charge in [-0.2, -0.15) is 0 Å².